The first-order valence-electron chi connectivity index (χ1n) is 6.59. The Bertz CT molecular complexity index is 700. The number of non-ortho nitro benzene ring substituents is 1. The second-order valence-electron chi connectivity index (χ2n) is 5.16. The third kappa shape index (κ3) is 2.65. The zero-order valence-corrected chi connectivity index (χ0v) is 12.2. The predicted molar refractivity (Wildman–Crippen MR) is 80.2 cm³/mol. The fraction of sp³-hybridized carbons (Fsp3) is 0.267. The van der Waals surface area contributed by atoms with E-state index in [9.17, 15) is 14.9 Å². The summed E-state index contributed by atoms with van der Waals surface area (Å²) in [5.41, 5.74) is 8.33. The van der Waals surface area contributed by atoms with E-state index in [1.807, 2.05) is 25.3 Å². The van der Waals surface area contributed by atoms with Gasteiger partial charge < -0.3 is 10.3 Å². The van der Waals surface area contributed by atoms with Gasteiger partial charge in [-0.3, -0.25) is 14.9 Å². The largest absolute Gasteiger partial charge is 0.366 e. The molecule has 2 aromatic rings. The number of benzene rings is 1. The van der Waals surface area contributed by atoms with Crippen LogP contribution in [0.25, 0.3) is 11.3 Å². The van der Waals surface area contributed by atoms with E-state index in [1.54, 1.807) is 18.2 Å². The van der Waals surface area contributed by atoms with Crippen molar-refractivity contribution in [1.29, 1.82) is 0 Å². The maximum Gasteiger partial charge on any atom is 0.269 e. The van der Waals surface area contributed by atoms with E-state index in [2.05, 4.69) is 0 Å². The van der Waals surface area contributed by atoms with Crippen LogP contribution < -0.4 is 5.73 Å². The number of nitro groups is 1. The summed E-state index contributed by atoms with van der Waals surface area (Å²) in [7, 11) is 0. The molecule has 0 aliphatic carbocycles. The van der Waals surface area contributed by atoms with Crippen LogP contribution in [0.5, 0.6) is 0 Å². The van der Waals surface area contributed by atoms with Crippen molar-refractivity contribution in [3.8, 4) is 11.3 Å². The minimum atomic E-state index is -0.477. The Balaban J connectivity index is 2.59. The van der Waals surface area contributed by atoms with Gasteiger partial charge >= 0.3 is 0 Å². The average Bonchev–Trinajstić information content (AvgIpc) is 2.76. The Hall–Kier alpha value is -2.63. The summed E-state index contributed by atoms with van der Waals surface area (Å²) in [6.45, 7) is 5.86. The number of aromatic nitrogens is 1. The molecular formula is C15H17N3O3. The highest BCUT2D eigenvalue weighted by molar-refractivity contribution is 5.95. The van der Waals surface area contributed by atoms with Crippen LogP contribution in [0, 0.1) is 17.0 Å². The molecule has 6 heteroatoms. The van der Waals surface area contributed by atoms with Crippen molar-refractivity contribution < 1.29 is 9.72 Å². The van der Waals surface area contributed by atoms with Crippen molar-refractivity contribution in [2.75, 3.05) is 0 Å². The second-order valence-corrected chi connectivity index (χ2v) is 5.16. The van der Waals surface area contributed by atoms with E-state index in [1.165, 1.54) is 12.1 Å². The van der Waals surface area contributed by atoms with Crippen LogP contribution in [0.4, 0.5) is 5.69 Å². The molecule has 0 saturated heterocycles. The van der Waals surface area contributed by atoms with E-state index in [4.69, 9.17) is 5.73 Å². The van der Waals surface area contributed by atoms with Gasteiger partial charge in [-0.05, 0) is 44.5 Å². The molecule has 0 radical (unpaired) electrons. The fourth-order valence-corrected chi connectivity index (χ4v) is 2.51. The number of hydrogen-bond donors (Lipinski definition) is 1. The van der Waals surface area contributed by atoms with E-state index in [0.717, 1.165) is 17.0 Å². The van der Waals surface area contributed by atoms with Crippen molar-refractivity contribution in [1.82, 2.24) is 4.57 Å². The zero-order valence-electron chi connectivity index (χ0n) is 12.2. The number of primary amides is 1. The van der Waals surface area contributed by atoms with Crippen LogP contribution >= 0.6 is 0 Å². The zero-order chi connectivity index (χ0) is 15.7. The smallest absolute Gasteiger partial charge is 0.269 e. The standard InChI is InChI=1S/C15H17N3O3/c1-9(2)17-10(3)13(15(16)19)8-14(17)11-4-6-12(7-5-11)18(20)21/h4-9H,1-3H3,(H2,16,19). The van der Waals surface area contributed by atoms with Crippen LogP contribution in [0.15, 0.2) is 30.3 Å². The Morgan fingerprint density at radius 2 is 1.86 bits per heavy atom. The number of rotatable bonds is 4. The molecule has 0 spiro atoms. The van der Waals surface area contributed by atoms with Crippen LogP contribution in [0.3, 0.4) is 0 Å². The summed E-state index contributed by atoms with van der Waals surface area (Å²) in [6.07, 6.45) is 0. The number of hydrogen-bond acceptors (Lipinski definition) is 3. The van der Waals surface area contributed by atoms with Gasteiger partial charge in [0.2, 0.25) is 0 Å². The van der Waals surface area contributed by atoms with Gasteiger partial charge in [0.15, 0.2) is 0 Å². The normalized spacial score (nSPS) is 10.9. The summed E-state index contributed by atoms with van der Waals surface area (Å²) >= 11 is 0. The van der Waals surface area contributed by atoms with Crippen LogP contribution in [-0.2, 0) is 0 Å². The van der Waals surface area contributed by atoms with E-state index >= 15 is 0 Å². The minimum absolute atomic E-state index is 0.0354. The number of nitrogens with zero attached hydrogens (tertiary/aromatic N) is 2. The van der Waals surface area contributed by atoms with Gasteiger partial charge in [-0.15, -0.1) is 0 Å². The molecule has 0 saturated carbocycles. The lowest BCUT2D eigenvalue weighted by molar-refractivity contribution is -0.384. The van der Waals surface area contributed by atoms with Gasteiger partial charge in [-0.1, -0.05) is 0 Å². The highest BCUT2D eigenvalue weighted by Crippen LogP contribution is 2.30. The molecule has 0 unspecified atom stereocenters. The summed E-state index contributed by atoms with van der Waals surface area (Å²) in [4.78, 5) is 21.8. The van der Waals surface area contributed by atoms with Gasteiger partial charge in [0.1, 0.15) is 0 Å². The summed E-state index contributed by atoms with van der Waals surface area (Å²) in [6, 6.07) is 8.13. The molecule has 1 amide bonds. The first-order chi connectivity index (χ1) is 9.82. The molecule has 0 fully saturated rings. The number of carbonyl (C=O) groups is 1. The molecule has 1 aromatic carbocycles. The number of amides is 1. The summed E-state index contributed by atoms with van der Waals surface area (Å²) in [5, 5.41) is 10.7. The van der Waals surface area contributed by atoms with Gasteiger partial charge in [0.05, 0.1) is 10.5 Å². The van der Waals surface area contributed by atoms with Gasteiger partial charge in [0.25, 0.3) is 11.6 Å². The lowest BCUT2D eigenvalue weighted by atomic mass is 10.1. The first kappa shape index (κ1) is 14.8. The lowest BCUT2D eigenvalue weighted by Crippen LogP contribution is -2.13. The van der Waals surface area contributed by atoms with Crippen molar-refractivity contribution >= 4 is 11.6 Å². The average molecular weight is 287 g/mol. The third-order valence-electron chi connectivity index (χ3n) is 3.45. The topological polar surface area (TPSA) is 91.2 Å². The molecular weight excluding hydrogens is 270 g/mol. The van der Waals surface area contributed by atoms with Crippen LogP contribution in [0.1, 0.15) is 35.9 Å². The molecule has 21 heavy (non-hydrogen) atoms. The van der Waals surface area contributed by atoms with Gasteiger partial charge in [-0.2, -0.15) is 0 Å². The molecule has 2 rings (SSSR count). The predicted octanol–water partition coefficient (Wildman–Crippen LogP) is 3.05. The van der Waals surface area contributed by atoms with Crippen molar-refractivity contribution in [2.24, 2.45) is 5.73 Å². The maximum atomic E-state index is 11.5. The van der Waals surface area contributed by atoms with E-state index < -0.39 is 10.8 Å². The summed E-state index contributed by atoms with van der Waals surface area (Å²) in [5.74, 6) is -0.477. The highest BCUT2D eigenvalue weighted by Gasteiger charge is 2.18. The number of nitro benzene ring substituents is 1. The molecule has 2 N–H and O–H groups in total. The van der Waals surface area contributed by atoms with Crippen molar-refractivity contribution in [3.63, 3.8) is 0 Å². The summed E-state index contributed by atoms with van der Waals surface area (Å²) < 4.78 is 2.00. The molecule has 0 aliphatic heterocycles. The lowest BCUT2D eigenvalue weighted by Gasteiger charge is -2.15. The minimum Gasteiger partial charge on any atom is -0.366 e. The Morgan fingerprint density at radius 1 is 1.29 bits per heavy atom. The Morgan fingerprint density at radius 3 is 2.29 bits per heavy atom. The molecule has 6 nitrogen and oxygen atoms in total. The number of nitrogens with two attached hydrogens (primary N) is 1. The van der Waals surface area contributed by atoms with E-state index in [0.29, 0.717) is 5.56 Å². The highest BCUT2D eigenvalue weighted by atomic mass is 16.6. The van der Waals surface area contributed by atoms with Crippen LogP contribution in [-0.4, -0.2) is 15.4 Å². The second kappa shape index (κ2) is 5.40. The quantitative estimate of drug-likeness (QED) is 0.692. The van der Waals surface area contributed by atoms with E-state index in [-0.39, 0.29) is 11.7 Å². The van der Waals surface area contributed by atoms with Crippen LogP contribution in [0.2, 0.25) is 0 Å². The molecule has 0 atom stereocenters. The van der Waals surface area contributed by atoms with Gasteiger partial charge in [0, 0.05) is 29.6 Å². The molecule has 1 aromatic heterocycles. The van der Waals surface area contributed by atoms with Gasteiger partial charge in [-0.25, -0.2) is 0 Å². The Kier molecular flexibility index (Phi) is 3.80. The SMILES string of the molecule is Cc1c(C(N)=O)cc(-c2ccc([N+](=O)[O-])cc2)n1C(C)C. The molecule has 0 bridgehead atoms. The van der Waals surface area contributed by atoms with Crippen molar-refractivity contribution in [3.05, 3.63) is 51.7 Å². The third-order valence-corrected chi connectivity index (χ3v) is 3.45. The Labute approximate surface area is 122 Å². The molecule has 110 valence electrons. The first-order valence-corrected chi connectivity index (χ1v) is 6.59. The monoisotopic (exact) mass is 287 g/mol. The fourth-order valence-electron chi connectivity index (χ4n) is 2.51. The maximum absolute atomic E-state index is 11.5. The number of carbonyl (C=O) groups excluding carboxylic acids is 1. The molecule has 0 aliphatic rings. The molecule has 1 heterocycles. The van der Waals surface area contributed by atoms with Crippen molar-refractivity contribution in [2.45, 2.75) is 26.8 Å².